The van der Waals surface area contributed by atoms with E-state index in [1.807, 2.05) is 0 Å². The van der Waals surface area contributed by atoms with Gasteiger partial charge in [0, 0.05) is 6.04 Å². The van der Waals surface area contributed by atoms with Crippen LogP contribution in [0.25, 0.3) is 0 Å². The van der Waals surface area contributed by atoms with Crippen molar-refractivity contribution >= 4 is 0 Å². The normalized spacial score (nSPS) is 25.9. The summed E-state index contributed by atoms with van der Waals surface area (Å²) in [7, 11) is 0. The highest BCUT2D eigenvalue weighted by Crippen LogP contribution is 2.34. The minimum absolute atomic E-state index is 0.408. The number of nitrogens with two attached hydrogens (primary N) is 1. The van der Waals surface area contributed by atoms with Gasteiger partial charge in [0.05, 0.1) is 0 Å². The first-order valence-electron chi connectivity index (χ1n) is 7.42. The molecule has 0 heterocycles. The monoisotopic (exact) mass is 240 g/mol. The molecule has 0 aromatic carbocycles. The molecule has 1 aliphatic rings. The number of nitrogens with one attached hydrogen (secondary N) is 1. The molecule has 0 radical (unpaired) electrons. The zero-order chi connectivity index (χ0) is 12.9. The van der Waals surface area contributed by atoms with Gasteiger partial charge in [0.25, 0.3) is 0 Å². The molecular weight excluding hydrogens is 208 g/mol. The van der Waals surface area contributed by atoms with Gasteiger partial charge in [-0.3, -0.25) is 0 Å². The first-order valence-corrected chi connectivity index (χ1v) is 7.42. The fraction of sp³-hybridized carbons (Fsp3) is 1.00. The molecule has 3 atom stereocenters. The van der Waals surface area contributed by atoms with Crippen LogP contribution < -0.4 is 11.1 Å². The van der Waals surface area contributed by atoms with Crippen LogP contribution in [0.5, 0.6) is 0 Å². The molecule has 0 aliphatic heterocycles. The smallest absolute Gasteiger partial charge is 0.00990 e. The molecule has 1 aliphatic carbocycles. The Morgan fingerprint density at radius 1 is 1.29 bits per heavy atom. The first-order chi connectivity index (χ1) is 7.99. The van der Waals surface area contributed by atoms with Gasteiger partial charge in [0.15, 0.2) is 0 Å². The highest BCUT2D eigenvalue weighted by atomic mass is 15.0. The summed E-state index contributed by atoms with van der Waals surface area (Å²) in [5.41, 5.74) is 6.12. The van der Waals surface area contributed by atoms with E-state index in [9.17, 15) is 0 Å². The van der Waals surface area contributed by atoms with Gasteiger partial charge < -0.3 is 11.1 Å². The van der Waals surface area contributed by atoms with Crippen LogP contribution in [0, 0.1) is 17.3 Å². The van der Waals surface area contributed by atoms with Gasteiger partial charge in [-0.25, -0.2) is 0 Å². The standard InChI is InChI=1S/C15H32N2/c1-5-12-11-14(12)17-10-6-7-13(8-9-16)15(2,3)4/h12-14,17H,5-11,16H2,1-4H3. The summed E-state index contributed by atoms with van der Waals surface area (Å²) >= 11 is 0. The van der Waals surface area contributed by atoms with Crippen molar-refractivity contribution in [3.8, 4) is 0 Å². The van der Waals surface area contributed by atoms with Crippen LogP contribution in [0.15, 0.2) is 0 Å². The fourth-order valence-corrected chi connectivity index (χ4v) is 2.80. The molecule has 0 aromatic rings. The van der Waals surface area contributed by atoms with Gasteiger partial charge in [-0.05, 0) is 56.0 Å². The molecule has 3 unspecified atom stereocenters. The SMILES string of the molecule is CCC1CC1NCCCC(CCN)C(C)(C)C. The van der Waals surface area contributed by atoms with E-state index in [4.69, 9.17) is 5.73 Å². The Morgan fingerprint density at radius 3 is 2.47 bits per heavy atom. The third kappa shape index (κ3) is 5.39. The van der Waals surface area contributed by atoms with Gasteiger partial charge in [-0.15, -0.1) is 0 Å². The summed E-state index contributed by atoms with van der Waals surface area (Å²) in [5, 5.41) is 3.68. The Hall–Kier alpha value is -0.0800. The Kier molecular flexibility index (Phi) is 5.94. The molecule has 102 valence electrons. The zero-order valence-electron chi connectivity index (χ0n) is 12.3. The molecule has 1 fully saturated rings. The van der Waals surface area contributed by atoms with Crippen LogP contribution in [-0.4, -0.2) is 19.1 Å². The summed E-state index contributed by atoms with van der Waals surface area (Å²) in [6, 6.07) is 0.836. The van der Waals surface area contributed by atoms with Crippen molar-refractivity contribution in [2.75, 3.05) is 13.1 Å². The molecule has 0 aromatic heterocycles. The lowest BCUT2D eigenvalue weighted by atomic mass is 9.76. The largest absolute Gasteiger partial charge is 0.330 e. The van der Waals surface area contributed by atoms with E-state index in [0.29, 0.717) is 5.41 Å². The van der Waals surface area contributed by atoms with Crippen molar-refractivity contribution in [3.63, 3.8) is 0 Å². The van der Waals surface area contributed by atoms with Crippen LogP contribution >= 0.6 is 0 Å². The quantitative estimate of drug-likeness (QED) is 0.640. The topological polar surface area (TPSA) is 38.0 Å². The summed E-state index contributed by atoms with van der Waals surface area (Å²) < 4.78 is 0. The third-order valence-corrected chi connectivity index (χ3v) is 4.32. The molecule has 3 N–H and O–H groups in total. The van der Waals surface area contributed by atoms with E-state index >= 15 is 0 Å². The van der Waals surface area contributed by atoms with Gasteiger partial charge >= 0.3 is 0 Å². The highest BCUT2D eigenvalue weighted by molar-refractivity contribution is 4.91. The van der Waals surface area contributed by atoms with Crippen molar-refractivity contribution in [3.05, 3.63) is 0 Å². The van der Waals surface area contributed by atoms with E-state index in [0.717, 1.165) is 24.4 Å². The maximum Gasteiger partial charge on any atom is 0.00990 e. The molecular formula is C15H32N2. The lowest BCUT2D eigenvalue weighted by molar-refractivity contribution is 0.210. The molecule has 0 bridgehead atoms. The van der Waals surface area contributed by atoms with E-state index in [1.54, 1.807) is 0 Å². The van der Waals surface area contributed by atoms with Crippen LogP contribution in [0.4, 0.5) is 0 Å². The highest BCUT2D eigenvalue weighted by Gasteiger charge is 2.34. The minimum atomic E-state index is 0.408. The summed E-state index contributed by atoms with van der Waals surface area (Å²) in [4.78, 5) is 0. The molecule has 0 amide bonds. The van der Waals surface area contributed by atoms with Crippen molar-refractivity contribution in [2.24, 2.45) is 23.0 Å². The van der Waals surface area contributed by atoms with Crippen LogP contribution in [0.1, 0.15) is 59.8 Å². The molecule has 1 rings (SSSR count). The molecule has 2 nitrogen and oxygen atoms in total. The molecule has 2 heteroatoms. The number of hydrogen-bond donors (Lipinski definition) is 2. The van der Waals surface area contributed by atoms with Crippen molar-refractivity contribution < 1.29 is 0 Å². The second-order valence-corrected chi connectivity index (χ2v) is 6.75. The lowest BCUT2D eigenvalue weighted by Crippen LogP contribution is -2.26. The fourth-order valence-electron chi connectivity index (χ4n) is 2.80. The van der Waals surface area contributed by atoms with Crippen molar-refractivity contribution in [1.82, 2.24) is 5.32 Å². The van der Waals surface area contributed by atoms with Crippen molar-refractivity contribution in [1.29, 1.82) is 0 Å². The zero-order valence-corrected chi connectivity index (χ0v) is 12.3. The Balaban J connectivity index is 2.10. The Morgan fingerprint density at radius 2 is 2.00 bits per heavy atom. The number of rotatable bonds is 8. The maximum atomic E-state index is 5.71. The minimum Gasteiger partial charge on any atom is -0.330 e. The Bertz CT molecular complexity index is 207. The summed E-state index contributed by atoms with van der Waals surface area (Å²) in [6.07, 6.45) is 6.54. The number of hydrogen-bond acceptors (Lipinski definition) is 2. The molecule has 1 saturated carbocycles. The lowest BCUT2D eigenvalue weighted by Gasteiger charge is -2.30. The average molecular weight is 240 g/mol. The van der Waals surface area contributed by atoms with Crippen LogP contribution in [-0.2, 0) is 0 Å². The van der Waals surface area contributed by atoms with Crippen molar-refractivity contribution in [2.45, 2.75) is 65.8 Å². The molecule has 0 saturated heterocycles. The second kappa shape index (κ2) is 6.75. The average Bonchev–Trinajstić information content (AvgIpc) is 2.99. The van der Waals surface area contributed by atoms with Gasteiger partial charge in [0.1, 0.15) is 0 Å². The molecule has 0 spiro atoms. The van der Waals surface area contributed by atoms with Crippen LogP contribution in [0.3, 0.4) is 0 Å². The first kappa shape index (κ1) is 15.0. The van der Waals surface area contributed by atoms with E-state index in [1.165, 1.54) is 38.6 Å². The van der Waals surface area contributed by atoms with Crippen LogP contribution in [0.2, 0.25) is 0 Å². The molecule has 17 heavy (non-hydrogen) atoms. The van der Waals surface area contributed by atoms with Gasteiger partial charge in [-0.1, -0.05) is 34.1 Å². The summed E-state index contributed by atoms with van der Waals surface area (Å²) in [6.45, 7) is 11.3. The Labute approximate surface area is 108 Å². The van der Waals surface area contributed by atoms with Gasteiger partial charge in [-0.2, -0.15) is 0 Å². The maximum absolute atomic E-state index is 5.71. The van der Waals surface area contributed by atoms with Gasteiger partial charge in [0.2, 0.25) is 0 Å². The summed E-state index contributed by atoms with van der Waals surface area (Å²) in [5.74, 6) is 1.74. The predicted octanol–water partition coefficient (Wildman–Crippen LogP) is 3.17. The van der Waals surface area contributed by atoms with E-state index in [-0.39, 0.29) is 0 Å². The third-order valence-electron chi connectivity index (χ3n) is 4.32. The second-order valence-electron chi connectivity index (χ2n) is 6.75. The van der Waals surface area contributed by atoms with E-state index < -0.39 is 0 Å². The van der Waals surface area contributed by atoms with E-state index in [2.05, 4.69) is 33.0 Å². The predicted molar refractivity (Wildman–Crippen MR) is 76.0 cm³/mol.